The molecule has 14 heavy (non-hydrogen) atoms. The highest BCUT2D eigenvalue weighted by Gasteiger charge is 2.44. The van der Waals surface area contributed by atoms with E-state index in [0.717, 1.165) is 0 Å². The minimum Gasteiger partial charge on any atom is -0.507 e. The van der Waals surface area contributed by atoms with Crippen LogP contribution in [0.15, 0.2) is 12.1 Å². The molecule has 2 rings (SSSR count). The minimum atomic E-state index is -0.875. The zero-order valence-electron chi connectivity index (χ0n) is 7.75. The number of aromatic hydroxyl groups is 1. The summed E-state index contributed by atoms with van der Waals surface area (Å²) in [5.41, 5.74) is -0.386. The maximum atomic E-state index is 9.81. The third kappa shape index (κ3) is 1.42. The zero-order valence-corrected chi connectivity index (χ0v) is 8.51. The predicted molar refractivity (Wildman–Crippen MR) is 52.8 cm³/mol. The third-order valence-electron chi connectivity index (χ3n) is 2.50. The molecule has 4 heteroatoms. The van der Waals surface area contributed by atoms with Crippen molar-refractivity contribution >= 4 is 11.6 Å². The summed E-state index contributed by atoms with van der Waals surface area (Å²) in [4.78, 5) is 0. The first kappa shape index (κ1) is 9.62. The number of hydrogen-bond donors (Lipinski definition) is 2. The molecule has 0 atom stereocenters. The molecule has 0 heterocycles. The standard InChI is InChI=1S/C10H11ClO3/c1-14-9-5-8(12)6(4-7(9)11)10(13)2-3-10/h4-5,12-13H,2-3H2,1H3. The van der Waals surface area contributed by atoms with E-state index in [1.165, 1.54) is 13.2 Å². The number of methoxy groups -OCH3 is 1. The number of ether oxygens (including phenoxy) is 1. The normalized spacial score (nSPS) is 17.9. The monoisotopic (exact) mass is 214 g/mol. The number of benzene rings is 1. The van der Waals surface area contributed by atoms with Gasteiger partial charge in [-0.15, -0.1) is 0 Å². The number of hydrogen-bond acceptors (Lipinski definition) is 3. The first-order chi connectivity index (χ1) is 6.57. The molecule has 0 aliphatic heterocycles. The van der Waals surface area contributed by atoms with Gasteiger partial charge in [0, 0.05) is 11.6 Å². The van der Waals surface area contributed by atoms with Gasteiger partial charge in [-0.05, 0) is 18.9 Å². The third-order valence-corrected chi connectivity index (χ3v) is 2.79. The number of rotatable bonds is 2. The molecule has 0 radical (unpaired) electrons. The Balaban J connectivity index is 2.48. The predicted octanol–water partition coefficient (Wildman–Crippen LogP) is 2.04. The molecule has 1 aromatic rings. The van der Waals surface area contributed by atoms with E-state index in [-0.39, 0.29) is 5.75 Å². The van der Waals surface area contributed by atoms with Crippen molar-refractivity contribution in [3.05, 3.63) is 22.7 Å². The van der Waals surface area contributed by atoms with Crippen LogP contribution in [-0.4, -0.2) is 17.3 Å². The molecule has 1 saturated carbocycles. The lowest BCUT2D eigenvalue weighted by Crippen LogP contribution is -2.04. The van der Waals surface area contributed by atoms with Crippen LogP contribution in [-0.2, 0) is 5.60 Å². The Bertz CT molecular complexity index is 372. The summed E-state index contributed by atoms with van der Waals surface area (Å²) in [5.74, 6) is 0.448. The maximum absolute atomic E-state index is 9.81. The molecule has 1 fully saturated rings. The highest BCUT2D eigenvalue weighted by molar-refractivity contribution is 6.32. The summed E-state index contributed by atoms with van der Waals surface area (Å²) in [6.07, 6.45) is 1.34. The topological polar surface area (TPSA) is 49.7 Å². The van der Waals surface area contributed by atoms with Crippen molar-refractivity contribution in [3.63, 3.8) is 0 Å². The van der Waals surface area contributed by atoms with Crippen LogP contribution < -0.4 is 4.74 Å². The van der Waals surface area contributed by atoms with Gasteiger partial charge in [0.15, 0.2) is 0 Å². The maximum Gasteiger partial charge on any atom is 0.141 e. The fourth-order valence-corrected chi connectivity index (χ4v) is 1.70. The smallest absolute Gasteiger partial charge is 0.141 e. The number of phenolic OH excluding ortho intramolecular Hbond substituents is 1. The lowest BCUT2D eigenvalue weighted by atomic mass is 10.1. The Morgan fingerprint density at radius 2 is 2.07 bits per heavy atom. The number of halogens is 1. The van der Waals surface area contributed by atoms with E-state index >= 15 is 0 Å². The van der Waals surface area contributed by atoms with Crippen molar-refractivity contribution in [2.45, 2.75) is 18.4 Å². The molecule has 1 aliphatic carbocycles. The molecule has 0 bridgehead atoms. The van der Waals surface area contributed by atoms with Crippen LogP contribution in [0.4, 0.5) is 0 Å². The van der Waals surface area contributed by atoms with Crippen molar-refractivity contribution in [3.8, 4) is 11.5 Å². The average Bonchev–Trinajstić information content (AvgIpc) is 2.88. The first-order valence-electron chi connectivity index (χ1n) is 4.36. The van der Waals surface area contributed by atoms with Gasteiger partial charge in [-0.25, -0.2) is 0 Å². The van der Waals surface area contributed by atoms with E-state index in [1.54, 1.807) is 6.07 Å². The molecule has 0 saturated heterocycles. The van der Waals surface area contributed by atoms with E-state index in [1.807, 2.05) is 0 Å². The summed E-state index contributed by atoms with van der Waals surface area (Å²) < 4.78 is 4.94. The van der Waals surface area contributed by atoms with Gasteiger partial charge in [0.2, 0.25) is 0 Å². The highest BCUT2D eigenvalue weighted by atomic mass is 35.5. The summed E-state index contributed by atoms with van der Waals surface area (Å²) in [6, 6.07) is 2.98. The Morgan fingerprint density at radius 3 is 2.57 bits per heavy atom. The van der Waals surface area contributed by atoms with E-state index in [0.29, 0.717) is 29.2 Å². The zero-order chi connectivity index (χ0) is 10.3. The SMILES string of the molecule is COc1cc(O)c(C2(O)CC2)cc1Cl. The molecular weight excluding hydrogens is 204 g/mol. The van der Waals surface area contributed by atoms with Gasteiger partial charge >= 0.3 is 0 Å². The van der Waals surface area contributed by atoms with Crippen LogP contribution in [0.3, 0.4) is 0 Å². The van der Waals surface area contributed by atoms with E-state index < -0.39 is 5.60 Å². The van der Waals surface area contributed by atoms with Gasteiger partial charge in [-0.1, -0.05) is 11.6 Å². The summed E-state index contributed by atoms with van der Waals surface area (Å²) in [5, 5.41) is 19.8. The molecular formula is C10H11ClO3. The van der Waals surface area contributed by atoms with E-state index in [9.17, 15) is 10.2 Å². The second-order valence-corrected chi connectivity index (χ2v) is 3.94. The Hall–Kier alpha value is -0.930. The Labute approximate surface area is 86.9 Å². The fourth-order valence-electron chi connectivity index (χ4n) is 1.46. The molecule has 1 aliphatic rings. The van der Waals surface area contributed by atoms with Crippen LogP contribution in [0.1, 0.15) is 18.4 Å². The van der Waals surface area contributed by atoms with Crippen LogP contribution in [0.5, 0.6) is 11.5 Å². The van der Waals surface area contributed by atoms with Crippen molar-refractivity contribution < 1.29 is 14.9 Å². The van der Waals surface area contributed by atoms with Crippen LogP contribution >= 0.6 is 11.6 Å². The molecule has 0 amide bonds. The summed E-state index contributed by atoms with van der Waals surface area (Å²) >= 11 is 5.89. The molecule has 76 valence electrons. The molecule has 1 aromatic carbocycles. The van der Waals surface area contributed by atoms with Gasteiger partial charge in [-0.3, -0.25) is 0 Å². The van der Waals surface area contributed by atoms with E-state index in [2.05, 4.69) is 0 Å². The van der Waals surface area contributed by atoms with Gasteiger partial charge in [-0.2, -0.15) is 0 Å². The molecule has 0 unspecified atom stereocenters. The quantitative estimate of drug-likeness (QED) is 0.792. The van der Waals surface area contributed by atoms with Crippen molar-refractivity contribution in [1.29, 1.82) is 0 Å². The molecule has 2 N–H and O–H groups in total. The highest BCUT2D eigenvalue weighted by Crippen LogP contribution is 2.50. The van der Waals surface area contributed by atoms with Gasteiger partial charge < -0.3 is 14.9 Å². The molecule has 0 spiro atoms. The number of phenols is 1. The second kappa shape index (κ2) is 3.04. The van der Waals surface area contributed by atoms with Crippen LogP contribution in [0.2, 0.25) is 5.02 Å². The Kier molecular flexibility index (Phi) is 2.09. The lowest BCUT2D eigenvalue weighted by molar-refractivity contribution is 0.147. The minimum absolute atomic E-state index is 0.0336. The first-order valence-corrected chi connectivity index (χ1v) is 4.74. The molecule has 3 nitrogen and oxygen atoms in total. The fraction of sp³-hybridized carbons (Fsp3) is 0.400. The lowest BCUT2D eigenvalue weighted by Gasteiger charge is -2.12. The van der Waals surface area contributed by atoms with Gasteiger partial charge in [0.1, 0.15) is 11.5 Å². The van der Waals surface area contributed by atoms with Crippen molar-refractivity contribution in [2.75, 3.05) is 7.11 Å². The van der Waals surface area contributed by atoms with Crippen LogP contribution in [0, 0.1) is 0 Å². The second-order valence-electron chi connectivity index (χ2n) is 3.54. The van der Waals surface area contributed by atoms with Crippen LogP contribution in [0.25, 0.3) is 0 Å². The van der Waals surface area contributed by atoms with Gasteiger partial charge in [0.05, 0.1) is 17.7 Å². The number of aliphatic hydroxyl groups is 1. The van der Waals surface area contributed by atoms with Crippen molar-refractivity contribution in [2.24, 2.45) is 0 Å². The molecule has 0 aromatic heterocycles. The van der Waals surface area contributed by atoms with E-state index in [4.69, 9.17) is 16.3 Å². The largest absolute Gasteiger partial charge is 0.507 e. The average molecular weight is 215 g/mol. The Morgan fingerprint density at radius 1 is 1.43 bits per heavy atom. The van der Waals surface area contributed by atoms with Crippen molar-refractivity contribution in [1.82, 2.24) is 0 Å². The van der Waals surface area contributed by atoms with Gasteiger partial charge in [0.25, 0.3) is 0 Å². The summed E-state index contributed by atoms with van der Waals surface area (Å²) in [7, 11) is 1.48. The summed E-state index contributed by atoms with van der Waals surface area (Å²) in [6.45, 7) is 0.